The van der Waals surface area contributed by atoms with Gasteiger partial charge in [-0.15, -0.1) is 6.42 Å². The number of piperazine rings is 1. The van der Waals surface area contributed by atoms with Crippen molar-refractivity contribution in [1.82, 2.24) is 9.80 Å². The van der Waals surface area contributed by atoms with Crippen LogP contribution in [0.2, 0.25) is 0 Å². The zero-order chi connectivity index (χ0) is 12.1. The highest BCUT2D eigenvalue weighted by Crippen LogP contribution is 2.07. The molecule has 1 heterocycles. The SMILES string of the molecule is C#CCC(=O)N1CCN(C(C)C(=O)O)CC1. The number of nitrogens with zero attached hydrogens (tertiary/aromatic N) is 2. The Morgan fingerprint density at radius 3 is 2.38 bits per heavy atom. The van der Waals surface area contributed by atoms with Crippen molar-refractivity contribution in [2.24, 2.45) is 0 Å². The first-order valence-corrected chi connectivity index (χ1v) is 5.24. The summed E-state index contributed by atoms with van der Waals surface area (Å²) in [4.78, 5) is 25.8. The van der Waals surface area contributed by atoms with Crippen LogP contribution >= 0.6 is 0 Å². The van der Waals surface area contributed by atoms with Gasteiger partial charge in [0.2, 0.25) is 5.91 Å². The smallest absolute Gasteiger partial charge is 0.320 e. The molecule has 88 valence electrons. The van der Waals surface area contributed by atoms with Gasteiger partial charge in [-0.2, -0.15) is 0 Å². The van der Waals surface area contributed by atoms with Crippen LogP contribution in [-0.2, 0) is 9.59 Å². The molecule has 16 heavy (non-hydrogen) atoms. The van der Waals surface area contributed by atoms with E-state index >= 15 is 0 Å². The molecular weight excluding hydrogens is 208 g/mol. The third-order valence-corrected chi connectivity index (χ3v) is 2.83. The molecule has 1 rings (SSSR count). The second-order valence-electron chi connectivity index (χ2n) is 3.81. The van der Waals surface area contributed by atoms with Gasteiger partial charge in [0.05, 0.1) is 6.42 Å². The van der Waals surface area contributed by atoms with E-state index in [0.29, 0.717) is 26.2 Å². The number of terminal acetylenes is 1. The highest BCUT2D eigenvalue weighted by molar-refractivity contribution is 5.78. The van der Waals surface area contributed by atoms with E-state index in [1.54, 1.807) is 11.8 Å². The van der Waals surface area contributed by atoms with Gasteiger partial charge in [-0.25, -0.2) is 0 Å². The number of carbonyl (C=O) groups excluding carboxylic acids is 1. The Kier molecular flexibility index (Phi) is 4.32. The fraction of sp³-hybridized carbons (Fsp3) is 0.636. The Labute approximate surface area is 95.0 Å². The summed E-state index contributed by atoms with van der Waals surface area (Å²) >= 11 is 0. The highest BCUT2D eigenvalue weighted by Gasteiger charge is 2.26. The minimum atomic E-state index is -0.830. The third-order valence-electron chi connectivity index (χ3n) is 2.83. The maximum absolute atomic E-state index is 11.5. The normalized spacial score (nSPS) is 18.9. The maximum Gasteiger partial charge on any atom is 0.320 e. The van der Waals surface area contributed by atoms with Crippen molar-refractivity contribution in [3.8, 4) is 12.3 Å². The van der Waals surface area contributed by atoms with Crippen molar-refractivity contribution in [3.63, 3.8) is 0 Å². The van der Waals surface area contributed by atoms with Crippen molar-refractivity contribution in [3.05, 3.63) is 0 Å². The van der Waals surface area contributed by atoms with Gasteiger partial charge in [-0.1, -0.05) is 5.92 Å². The Morgan fingerprint density at radius 2 is 1.94 bits per heavy atom. The Bertz CT molecular complexity index is 314. The molecule has 1 aliphatic heterocycles. The lowest BCUT2D eigenvalue weighted by Gasteiger charge is -2.36. The predicted molar refractivity (Wildman–Crippen MR) is 58.7 cm³/mol. The van der Waals surface area contributed by atoms with Crippen molar-refractivity contribution < 1.29 is 14.7 Å². The van der Waals surface area contributed by atoms with Crippen molar-refractivity contribution in [2.45, 2.75) is 19.4 Å². The Morgan fingerprint density at radius 1 is 1.38 bits per heavy atom. The third kappa shape index (κ3) is 2.97. The first-order chi connectivity index (χ1) is 7.56. The Hall–Kier alpha value is -1.54. The van der Waals surface area contributed by atoms with Gasteiger partial charge in [-0.05, 0) is 6.92 Å². The molecule has 0 aliphatic carbocycles. The lowest BCUT2D eigenvalue weighted by Crippen LogP contribution is -2.53. The van der Waals surface area contributed by atoms with Crippen LogP contribution in [0.25, 0.3) is 0 Å². The number of hydrogen-bond acceptors (Lipinski definition) is 3. The van der Waals surface area contributed by atoms with Crippen LogP contribution in [0.5, 0.6) is 0 Å². The van der Waals surface area contributed by atoms with Crippen LogP contribution in [0.1, 0.15) is 13.3 Å². The molecule has 0 aromatic heterocycles. The van der Waals surface area contributed by atoms with Crippen molar-refractivity contribution >= 4 is 11.9 Å². The van der Waals surface area contributed by atoms with Crippen molar-refractivity contribution in [2.75, 3.05) is 26.2 Å². The summed E-state index contributed by atoms with van der Waals surface area (Å²) in [5.41, 5.74) is 0. The molecule has 5 heteroatoms. The first kappa shape index (κ1) is 12.5. The lowest BCUT2D eigenvalue weighted by atomic mass is 10.2. The summed E-state index contributed by atoms with van der Waals surface area (Å²) in [7, 11) is 0. The van der Waals surface area contributed by atoms with E-state index in [1.807, 2.05) is 4.90 Å². The number of aliphatic carboxylic acids is 1. The molecule has 1 fully saturated rings. The summed E-state index contributed by atoms with van der Waals surface area (Å²) in [6.07, 6.45) is 5.19. The average molecular weight is 224 g/mol. The summed E-state index contributed by atoms with van der Waals surface area (Å²) < 4.78 is 0. The molecule has 1 N–H and O–H groups in total. The van der Waals surface area contributed by atoms with Gasteiger partial charge in [0.1, 0.15) is 6.04 Å². The van der Waals surface area contributed by atoms with Crippen LogP contribution in [0.4, 0.5) is 0 Å². The summed E-state index contributed by atoms with van der Waals surface area (Å²) in [5.74, 6) is 1.44. The molecule has 0 aromatic carbocycles. The number of carboxylic acids is 1. The summed E-state index contributed by atoms with van der Waals surface area (Å²) in [5, 5.41) is 8.84. The van der Waals surface area contributed by atoms with Crippen LogP contribution in [-0.4, -0.2) is 59.0 Å². The highest BCUT2D eigenvalue weighted by atomic mass is 16.4. The minimum Gasteiger partial charge on any atom is -0.480 e. The molecule has 1 saturated heterocycles. The molecule has 0 bridgehead atoms. The predicted octanol–water partition coefficient (Wildman–Crippen LogP) is -0.373. The van der Waals surface area contributed by atoms with Crippen molar-refractivity contribution in [1.29, 1.82) is 0 Å². The molecule has 1 atom stereocenters. The largest absolute Gasteiger partial charge is 0.480 e. The summed E-state index contributed by atoms with van der Waals surface area (Å²) in [6, 6.07) is -0.495. The maximum atomic E-state index is 11.5. The molecule has 1 aliphatic rings. The molecule has 0 aromatic rings. The van der Waals surface area contributed by atoms with Gasteiger partial charge < -0.3 is 10.0 Å². The molecular formula is C11H16N2O3. The zero-order valence-electron chi connectivity index (χ0n) is 9.35. The van der Waals surface area contributed by atoms with Gasteiger partial charge >= 0.3 is 5.97 Å². The first-order valence-electron chi connectivity index (χ1n) is 5.24. The van der Waals surface area contributed by atoms with Gasteiger partial charge in [-0.3, -0.25) is 14.5 Å². The molecule has 5 nitrogen and oxygen atoms in total. The molecule has 0 radical (unpaired) electrons. The van der Waals surface area contributed by atoms with E-state index in [9.17, 15) is 9.59 Å². The number of rotatable bonds is 3. The van der Waals surface area contributed by atoms with Crippen LogP contribution in [0.3, 0.4) is 0 Å². The second-order valence-corrected chi connectivity index (χ2v) is 3.81. The van der Waals surface area contributed by atoms with E-state index < -0.39 is 12.0 Å². The Balaban J connectivity index is 2.43. The molecule has 0 spiro atoms. The van der Waals surface area contributed by atoms with E-state index in [0.717, 1.165) is 0 Å². The standard InChI is InChI=1S/C11H16N2O3/c1-3-4-10(14)13-7-5-12(6-8-13)9(2)11(15)16/h1,9H,4-8H2,2H3,(H,15,16). The fourth-order valence-electron chi connectivity index (χ4n) is 1.71. The van der Waals surface area contributed by atoms with Crippen LogP contribution in [0.15, 0.2) is 0 Å². The van der Waals surface area contributed by atoms with E-state index in [1.165, 1.54) is 0 Å². The fourth-order valence-corrected chi connectivity index (χ4v) is 1.71. The number of carbonyl (C=O) groups is 2. The monoisotopic (exact) mass is 224 g/mol. The van der Waals surface area contributed by atoms with Crippen LogP contribution in [0, 0.1) is 12.3 Å². The molecule has 0 saturated carbocycles. The number of carboxylic acid groups (broad SMARTS) is 1. The summed E-state index contributed by atoms with van der Waals surface area (Å²) in [6.45, 7) is 3.94. The number of hydrogen-bond donors (Lipinski definition) is 1. The van der Waals surface area contributed by atoms with Crippen LogP contribution < -0.4 is 0 Å². The second kappa shape index (κ2) is 5.52. The average Bonchev–Trinajstić information content (AvgIpc) is 2.28. The van der Waals surface area contributed by atoms with E-state index in [4.69, 9.17) is 11.5 Å². The van der Waals surface area contributed by atoms with Gasteiger partial charge in [0.15, 0.2) is 0 Å². The number of amides is 1. The van der Waals surface area contributed by atoms with Gasteiger partial charge in [0.25, 0.3) is 0 Å². The molecule has 1 unspecified atom stereocenters. The van der Waals surface area contributed by atoms with Gasteiger partial charge in [0, 0.05) is 26.2 Å². The molecule has 1 amide bonds. The lowest BCUT2D eigenvalue weighted by molar-refractivity contribution is -0.143. The quantitative estimate of drug-likeness (QED) is 0.664. The topological polar surface area (TPSA) is 60.9 Å². The van der Waals surface area contributed by atoms with E-state index in [-0.39, 0.29) is 12.3 Å². The minimum absolute atomic E-state index is 0.0508. The van der Waals surface area contributed by atoms with E-state index in [2.05, 4.69) is 5.92 Å². The zero-order valence-corrected chi connectivity index (χ0v) is 9.35.